The number of rotatable bonds is 6. The predicted molar refractivity (Wildman–Crippen MR) is 99.0 cm³/mol. The van der Waals surface area contributed by atoms with E-state index in [4.69, 9.17) is 7.27 Å². The van der Waals surface area contributed by atoms with Gasteiger partial charge in [0.25, 0.3) is 0 Å². The van der Waals surface area contributed by atoms with Crippen LogP contribution >= 0.6 is 7.37 Å². The lowest BCUT2D eigenvalue weighted by molar-refractivity contribution is 0.343. The summed E-state index contributed by atoms with van der Waals surface area (Å²) in [7, 11) is -5.55. The van der Waals surface area contributed by atoms with Crippen LogP contribution in [0.2, 0.25) is 19.6 Å². The Labute approximate surface area is 137 Å². The van der Waals surface area contributed by atoms with Crippen LogP contribution in [0.15, 0.2) is 54.6 Å². The standard InChI is InChI=1S/C18H25O2PSi/c1-5-20-21(19,15-22(2,3)4)18-14-10-9-13-17(18)16-11-7-6-8-12-16/h6-14H,5,15H2,1-4H3/i14D,15D. The Morgan fingerprint density at radius 1 is 1.14 bits per heavy atom. The molecule has 2 nitrogen and oxygen atoms in total. The lowest BCUT2D eigenvalue weighted by Crippen LogP contribution is -2.30. The molecule has 0 aliphatic carbocycles. The van der Waals surface area contributed by atoms with Gasteiger partial charge in [-0.1, -0.05) is 68.2 Å². The second kappa shape index (κ2) is 6.95. The molecule has 2 atom stereocenters. The molecule has 0 N–H and O–H groups in total. The lowest BCUT2D eigenvalue weighted by Gasteiger charge is -2.26. The average Bonchev–Trinajstić information content (AvgIpc) is 2.54. The zero-order valence-corrected chi connectivity index (χ0v) is 15.6. The summed E-state index contributed by atoms with van der Waals surface area (Å²) in [6.07, 6.45) is 0. The third-order valence-electron chi connectivity index (χ3n) is 3.11. The average molecular weight is 334 g/mol. The summed E-state index contributed by atoms with van der Waals surface area (Å²) in [5, 5.41) is 0.389. The second-order valence-electron chi connectivity index (χ2n) is 6.31. The summed E-state index contributed by atoms with van der Waals surface area (Å²) in [6.45, 7) is 8.11. The van der Waals surface area contributed by atoms with E-state index < -0.39 is 21.2 Å². The molecule has 0 saturated heterocycles. The number of hydrogen-bond acceptors (Lipinski definition) is 2. The van der Waals surface area contributed by atoms with E-state index in [1.807, 2.05) is 56.0 Å². The first-order chi connectivity index (χ1) is 11.2. The minimum Gasteiger partial charge on any atom is -0.326 e. The molecule has 2 aromatic carbocycles. The van der Waals surface area contributed by atoms with Crippen molar-refractivity contribution in [3.8, 4) is 11.1 Å². The fourth-order valence-corrected chi connectivity index (χ4v) is 8.60. The molecular formula is C18H25O2PSi. The van der Waals surface area contributed by atoms with Gasteiger partial charge in [0.2, 0.25) is 7.37 Å². The van der Waals surface area contributed by atoms with Crippen molar-refractivity contribution in [1.29, 1.82) is 0 Å². The molecule has 2 rings (SSSR count). The summed E-state index contributed by atoms with van der Waals surface area (Å²) in [5.41, 5.74) is 1.62. The molecule has 0 aliphatic rings. The summed E-state index contributed by atoms with van der Waals surface area (Å²) in [6, 6.07) is 15.1. The zero-order valence-electron chi connectivity index (χ0n) is 15.7. The highest BCUT2D eigenvalue weighted by molar-refractivity contribution is 7.69. The van der Waals surface area contributed by atoms with Gasteiger partial charge in [0.1, 0.15) is 0 Å². The SMILES string of the molecule is [2H]c1cccc(-c2ccccc2)c1P(=O)(OCC)C([2H])[Si](C)(C)C. The monoisotopic (exact) mass is 334 g/mol. The van der Waals surface area contributed by atoms with E-state index in [0.717, 1.165) is 11.1 Å². The van der Waals surface area contributed by atoms with E-state index in [-0.39, 0.29) is 12.6 Å². The molecule has 0 radical (unpaired) electrons. The van der Waals surface area contributed by atoms with Gasteiger partial charge in [-0.25, -0.2) is 0 Å². The molecular weight excluding hydrogens is 307 g/mol. The predicted octanol–water partition coefficient (Wildman–Crippen LogP) is 5.17. The molecule has 0 fully saturated rings. The van der Waals surface area contributed by atoms with Crippen LogP contribution in [0.5, 0.6) is 0 Å². The Hall–Kier alpha value is -1.15. The highest BCUT2D eigenvalue weighted by atomic mass is 31.2. The van der Waals surface area contributed by atoms with Crippen LogP contribution in [0, 0.1) is 0 Å². The summed E-state index contributed by atoms with van der Waals surface area (Å²) < 4.78 is 36.6. The van der Waals surface area contributed by atoms with Crippen molar-refractivity contribution in [3.05, 3.63) is 54.6 Å². The summed E-state index contributed by atoms with van der Waals surface area (Å²) >= 11 is 0. The topological polar surface area (TPSA) is 26.3 Å². The van der Waals surface area contributed by atoms with E-state index in [9.17, 15) is 4.57 Å². The highest BCUT2D eigenvalue weighted by Gasteiger charge is 2.34. The third-order valence-corrected chi connectivity index (χ3v) is 9.20. The first-order valence-electron chi connectivity index (χ1n) is 8.61. The van der Waals surface area contributed by atoms with Gasteiger partial charge in [-0.2, -0.15) is 0 Å². The summed E-state index contributed by atoms with van der Waals surface area (Å²) in [5.74, 6) is -0.807. The van der Waals surface area contributed by atoms with Crippen LogP contribution in [-0.4, -0.2) is 20.4 Å². The van der Waals surface area contributed by atoms with E-state index in [1.54, 1.807) is 19.1 Å². The molecule has 0 bridgehead atoms. The van der Waals surface area contributed by atoms with Crippen molar-refractivity contribution in [3.63, 3.8) is 0 Å². The van der Waals surface area contributed by atoms with Crippen molar-refractivity contribution < 1.29 is 11.8 Å². The smallest absolute Gasteiger partial charge is 0.230 e. The Morgan fingerprint density at radius 3 is 2.36 bits per heavy atom. The molecule has 22 heavy (non-hydrogen) atoms. The van der Waals surface area contributed by atoms with Crippen molar-refractivity contribution >= 4 is 20.7 Å². The molecule has 0 aromatic heterocycles. The van der Waals surface area contributed by atoms with Gasteiger partial charge in [-0.15, -0.1) is 0 Å². The Morgan fingerprint density at radius 2 is 1.77 bits per heavy atom. The largest absolute Gasteiger partial charge is 0.326 e. The van der Waals surface area contributed by atoms with Crippen molar-refractivity contribution in [2.24, 2.45) is 0 Å². The van der Waals surface area contributed by atoms with E-state index >= 15 is 0 Å². The molecule has 0 aliphatic heterocycles. The van der Waals surface area contributed by atoms with E-state index in [2.05, 4.69) is 0 Å². The van der Waals surface area contributed by atoms with Crippen LogP contribution in [0.4, 0.5) is 0 Å². The summed E-state index contributed by atoms with van der Waals surface area (Å²) in [4.78, 5) is 0. The molecule has 0 amide bonds. The normalized spacial score (nSPS) is 17.3. The van der Waals surface area contributed by atoms with Crippen LogP contribution < -0.4 is 5.30 Å². The van der Waals surface area contributed by atoms with Gasteiger partial charge in [0, 0.05) is 12.4 Å². The second-order valence-corrected chi connectivity index (χ2v) is 14.0. The fourth-order valence-electron chi connectivity index (χ4n) is 2.40. The Kier molecular flexibility index (Phi) is 4.56. The lowest BCUT2D eigenvalue weighted by atomic mass is 10.1. The van der Waals surface area contributed by atoms with Crippen LogP contribution in [0.3, 0.4) is 0 Å². The molecule has 0 saturated carbocycles. The van der Waals surface area contributed by atoms with E-state index in [0.29, 0.717) is 5.30 Å². The molecule has 2 unspecified atom stereocenters. The van der Waals surface area contributed by atoms with Crippen LogP contribution in [-0.2, 0) is 9.09 Å². The maximum absolute atomic E-state index is 13.9. The molecule has 2 aromatic rings. The maximum atomic E-state index is 13.9. The van der Waals surface area contributed by atoms with Crippen molar-refractivity contribution in [1.82, 2.24) is 0 Å². The fraction of sp³-hybridized carbons (Fsp3) is 0.333. The Balaban J connectivity index is 2.74. The molecule has 0 spiro atoms. The Bertz CT molecular complexity index is 744. The molecule has 0 heterocycles. The first-order valence-corrected chi connectivity index (χ1v) is 12.8. The van der Waals surface area contributed by atoms with Gasteiger partial charge >= 0.3 is 0 Å². The van der Waals surface area contributed by atoms with Gasteiger partial charge < -0.3 is 4.52 Å². The zero-order chi connectivity index (χ0) is 18.0. The number of benzene rings is 2. The molecule has 118 valence electrons. The van der Waals surface area contributed by atoms with Gasteiger partial charge in [0.15, 0.2) is 0 Å². The maximum Gasteiger partial charge on any atom is 0.230 e. The third kappa shape index (κ3) is 4.19. The number of hydrogen-bond donors (Lipinski definition) is 0. The minimum absolute atomic E-state index is 0.184. The van der Waals surface area contributed by atoms with Gasteiger partial charge in [-0.3, -0.25) is 4.57 Å². The first kappa shape index (κ1) is 14.4. The quantitative estimate of drug-likeness (QED) is 0.538. The van der Waals surface area contributed by atoms with Gasteiger partial charge in [0.05, 0.1) is 16.1 Å². The molecule has 4 heteroatoms. The minimum atomic E-state index is -3.48. The highest BCUT2D eigenvalue weighted by Crippen LogP contribution is 2.49. The van der Waals surface area contributed by atoms with Gasteiger partial charge in [-0.05, 0) is 24.1 Å². The van der Waals surface area contributed by atoms with Crippen LogP contribution in [0.25, 0.3) is 11.1 Å². The van der Waals surface area contributed by atoms with Crippen molar-refractivity contribution in [2.75, 3.05) is 12.4 Å². The van der Waals surface area contributed by atoms with Crippen LogP contribution in [0.1, 0.15) is 9.67 Å². The van der Waals surface area contributed by atoms with Crippen molar-refractivity contribution in [2.45, 2.75) is 26.6 Å². The van der Waals surface area contributed by atoms with E-state index in [1.165, 1.54) is 0 Å².